The summed E-state index contributed by atoms with van der Waals surface area (Å²) in [5.41, 5.74) is 5.89. The third kappa shape index (κ3) is 9.74. The van der Waals surface area contributed by atoms with E-state index in [2.05, 4.69) is 33.9 Å². The molecule has 3 nitrogen and oxygen atoms in total. The highest BCUT2D eigenvalue weighted by molar-refractivity contribution is 6.74. The smallest absolute Gasteiger partial charge is 0.192 e. The summed E-state index contributed by atoms with van der Waals surface area (Å²) >= 11 is 5.99. The molecule has 2 N–H and O–H groups in total. The van der Waals surface area contributed by atoms with Crippen molar-refractivity contribution in [3.8, 4) is 0 Å². The number of carbonyl (C=O) groups is 1. The molecule has 0 heterocycles. The summed E-state index contributed by atoms with van der Waals surface area (Å²) in [6, 6.07) is -0.384. The topological polar surface area (TPSA) is 52.3 Å². The van der Waals surface area contributed by atoms with Gasteiger partial charge in [-0.1, -0.05) is 64.4 Å². The highest BCUT2D eigenvalue weighted by Gasteiger charge is 2.38. The summed E-state index contributed by atoms with van der Waals surface area (Å²) < 4.78 is 6.52. The molecule has 0 radical (unpaired) electrons. The van der Waals surface area contributed by atoms with Crippen LogP contribution in [0.15, 0.2) is 23.3 Å². The minimum Gasteiger partial charge on any atom is -0.413 e. The average Bonchev–Trinajstić information content (AvgIpc) is 2.46. The fourth-order valence-corrected chi connectivity index (χ4v) is 3.50. The van der Waals surface area contributed by atoms with Gasteiger partial charge in [0.1, 0.15) is 0 Å². The van der Waals surface area contributed by atoms with Crippen molar-refractivity contribution in [3.63, 3.8) is 0 Å². The van der Waals surface area contributed by atoms with E-state index in [0.29, 0.717) is 6.42 Å². The maximum absolute atomic E-state index is 12.0. The first-order valence-corrected chi connectivity index (χ1v) is 12.5. The van der Waals surface area contributed by atoms with E-state index in [1.807, 2.05) is 39.0 Å². The van der Waals surface area contributed by atoms with Gasteiger partial charge in [-0.3, -0.25) is 4.79 Å². The van der Waals surface area contributed by atoms with Crippen LogP contribution in [0.1, 0.15) is 60.8 Å². The first-order valence-electron chi connectivity index (χ1n) is 9.21. The molecule has 0 aromatic heterocycles. The quantitative estimate of drug-likeness (QED) is 0.380. The van der Waals surface area contributed by atoms with Gasteiger partial charge in [0.25, 0.3) is 0 Å². The molecule has 0 rings (SSSR count). The zero-order valence-corrected chi connectivity index (χ0v) is 19.1. The predicted octanol–water partition coefficient (Wildman–Crippen LogP) is 5.80. The van der Waals surface area contributed by atoms with Crippen molar-refractivity contribution in [1.82, 2.24) is 0 Å². The molecular formula is C20H38ClNO2Si. The first kappa shape index (κ1) is 24.6. The summed E-state index contributed by atoms with van der Waals surface area (Å²) in [7, 11) is -1.85. The lowest BCUT2D eigenvalue weighted by atomic mass is 9.99. The zero-order chi connectivity index (χ0) is 19.8. The molecule has 0 saturated heterocycles. The van der Waals surface area contributed by atoms with E-state index in [1.54, 1.807) is 0 Å². The third-order valence-corrected chi connectivity index (χ3v) is 9.59. The number of rotatable bonds is 10. The van der Waals surface area contributed by atoms with Crippen molar-refractivity contribution in [2.75, 3.05) is 0 Å². The number of allylic oxidation sites excluding steroid dienone is 2. The molecule has 2 atom stereocenters. The Morgan fingerprint density at radius 3 is 2.20 bits per heavy atom. The Bertz CT molecular complexity index is 475. The van der Waals surface area contributed by atoms with E-state index in [4.69, 9.17) is 21.8 Å². The second-order valence-corrected chi connectivity index (χ2v) is 14.0. The van der Waals surface area contributed by atoms with Crippen LogP contribution in [0.3, 0.4) is 0 Å². The minimum atomic E-state index is -1.85. The van der Waals surface area contributed by atoms with Crippen molar-refractivity contribution in [2.45, 2.75) is 91.1 Å². The van der Waals surface area contributed by atoms with Crippen molar-refractivity contribution >= 4 is 25.7 Å². The van der Waals surface area contributed by atoms with Gasteiger partial charge in [0.2, 0.25) is 0 Å². The summed E-state index contributed by atoms with van der Waals surface area (Å²) in [4.78, 5) is 12.0. The van der Waals surface area contributed by atoms with E-state index in [-0.39, 0.29) is 28.9 Å². The Labute approximate surface area is 161 Å². The lowest BCUT2D eigenvalue weighted by molar-refractivity contribution is -0.120. The predicted molar refractivity (Wildman–Crippen MR) is 112 cm³/mol. The molecule has 0 aliphatic carbocycles. The lowest BCUT2D eigenvalue weighted by Crippen LogP contribution is -2.43. The van der Waals surface area contributed by atoms with Crippen molar-refractivity contribution in [2.24, 2.45) is 11.7 Å². The molecule has 0 aromatic carbocycles. The van der Waals surface area contributed by atoms with Gasteiger partial charge in [0.05, 0.1) is 12.1 Å². The highest BCUT2D eigenvalue weighted by Crippen LogP contribution is 2.38. The summed E-state index contributed by atoms with van der Waals surface area (Å²) in [6.45, 7) is 17.0. The molecule has 0 aliphatic heterocycles. The number of Topliss-reactive ketones (excluding diaryl/α,β-unsaturated/α-hetero) is 1. The molecule has 0 aromatic rings. The van der Waals surface area contributed by atoms with E-state index in [0.717, 1.165) is 17.9 Å². The van der Waals surface area contributed by atoms with E-state index < -0.39 is 8.32 Å². The van der Waals surface area contributed by atoms with Crippen LogP contribution in [0.2, 0.25) is 18.1 Å². The molecule has 25 heavy (non-hydrogen) atoms. The fraction of sp³-hybridized carbons (Fsp3) is 0.750. The minimum absolute atomic E-state index is 0.0831. The number of ketones is 1. The Kier molecular flexibility index (Phi) is 10.5. The molecular weight excluding hydrogens is 350 g/mol. The van der Waals surface area contributed by atoms with Crippen LogP contribution < -0.4 is 5.73 Å². The van der Waals surface area contributed by atoms with Crippen LogP contribution in [0.4, 0.5) is 0 Å². The standard InChI is InChI=1S/C20H38ClNO2Si/c1-15(2)19(22)18(23)12-10-9-11-17(14-13-16(3)21)24-25(7,8)20(4,5)6/h9-10,13,15,17,19H,11-12,14,22H2,1-8H3/b10-9-,16-13+/t17-,19+/m1/s1. The molecule has 0 unspecified atom stereocenters. The van der Waals surface area contributed by atoms with Crippen LogP contribution in [0.25, 0.3) is 0 Å². The van der Waals surface area contributed by atoms with Crippen molar-refractivity contribution in [3.05, 3.63) is 23.3 Å². The van der Waals surface area contributed by atoms with Crippen LogP contribution in [-0.4, -0.2) is 26.2 Å². The number of hydrogen-bond donors (Lipinski definition) is 1. The zero-order valence-electron chi connectivity index (χ0n) is 17.4. The maximum atomic E-state index is 12.0. The molecule has 0 saturated carbocycles. The van der Waals surface area contributed by atoms with Gasteiger partial charge >= 0.3 is 0 Å². The number of hydrogen-bond acceptors (Lipinski definition) is 3. The lowest BCUT2D eigenvalue weighted by Gasteiger charge is -2.39. The normalized spacial score (nSPS) is 16.5. The average molecular weight is 388 g/mol. The maximum Gasteiger partial charge on any atom is 0.192 e. The molecule has 0 amide bonds. The summed E-state index contributed by atoms with van der Waals surface area (Å²) in [5.74, 6) is 0.261. The SMILES string of the molecule is C/C(Cl)=C\C[C@@H](C/C=C\CC(=O)[C@@H](N)C(C)C)O[Si](C)(C)C(C)(C)C. The summed E-state index contributed by atoms with van der Waals surface area (Å²) in [5, 5.41) is 0.945. The van der Waals surface area contributed by atoms with Gasteiger partial charge in [-0.05, 0) is 43.8 Å². The number of halogens is 1. The second-order valence-electron chi connectivity index (χ2n) is 8.67. The number of carbonyl (C=O) groups excluding carboxylic acids is 1. The Balaban J connectivity index is 4.83. The Hall–Kier alpha value is -0.423. The van der Waals surface area contributed by atoms with Gasteiger partial charge in [0.15, 0.2) is 14.1 Å². The van der Waals surface area contributed by atoms with E-state index in [9.17, 15) is 4.79 Å². The van der Waals surface area contributed by atoms with Gasteiger partial charge < -0.3 is 10.2 Å². The molecule has 0 fully saturated rings. The number of nitrogens with two attached hydrogens (primary N) is 1. The van der Waals surface area contributed by atoms with Crippen molar-refractivity contribution in [1.29, 1.82) is 0 Å². The van der Waals surface area contributed by atoms with E-state index >= 15 is 0 Å². The van der Waals surface area contributed by atoms with E-state index in [1.165, 1.54) is 0 Å². The first-order chi connectivity index (χ1) is 11.3. The molecule has 0 aliphatic rings. The van der Waals surface area contributed by atoms with Gasteiger partial charge in [-0.25, -0.2) is 0 Å². The molecule has 5 heteroatoms. The van der Waals surface area contributed by atoms with Crippen molar-refractivity contribution < 1.29 is 9.22 Å². The largest absolute Gasteiger partial charge is 0.413 e. The van der Waals surface area contributed by atoms with Gasteiger partial charge in [-0.2, -0.15) is 0 Å². The van der Waals surface area contributed by atoms with Crippen LogP contribution >= 0.6 is 11.6 Å². The Morgan fingerprint density at radius 2 is 1.76 bits per heavy atom. The van der Waals surface area contributed by atoms with Crippen LogP contribution in [0, 0.1) is 5.92 Å². The summed E-state index contributed by atoms with van der Waals surface area (Å²) in [6.07, 6.45) is 8.00. The highest BCUT2D eigenvalue weighted by atomic mass is 35.5. The fourth-order valence-electron chi connectivity index (χ4n) is 2.04. The molecule has 146 valence electrons. The monoisotopic (exact) mass is 387 g/mol. The second kappa shape index (κ2) is 10.7. The third-order valence-electron chi connectivity index (χ3n) is 4.90. The van der Waals surface area contributed by atoms with Crippen LogP contribution in [0.5, 0.6) is 0 Å². The van der Waals surface area contributed by atoms with Crippen LogP contribution in [-0.2, 0) is 9.22 Å². The molecule has 0 bridgehead atoms. The van der Waals surface area contributed by atoms with Gasteiger partial charge in [-0.15, -0.1) is 0 Å². The van der Waals surface area contributed by atoms with Gasteiger partial charge in [0, 0.05) is 11.5 Å². The molecule has 0 spiro atoms. The Morgan fingerprint density at radius 1 is 1.20 bits per heavy atom.